The smallest absolute Gasteiger partial charge is 0.317 e. The molecule has 0 radical (unpaired) electrons. The normalized spacial score (nSPS) is 19.5. The number of rotatable bonds is 4. The van der Waals surface area contributed by atoms with Crippen LogP contribution >= 0.6 is 0 Å². The van der Waals surface area contributed by atoms with Crippen molar-refractivity contribution < 1.29 is 14.1 Å². The van der Waals surface area contributed by atoms with E-state index in [9.17, 15) is 9.59 Å². The molecule has 1 N–H and O–H groups in total. The minimum Gasteiger partial charge on any atom is -0.361 e. The SMILES string of the molecule is CCC(NC(=O)N1CCCN(C(=O)C2CC2)CC1)c1c(C)noc1C. The number of hydrogen-bond acceptors (Lipinski definition) is 4. The molecular formula is C18H28N4O3. The summed E-state index contributed by atoms with van der Waals surface area (Å²) in [6.45, 7) is 8.45. The lowest BCUT2D eigenvalue weighted by molar-refractivity contribution is -0.132. The van der Waals surface area contributed by atoms with E-state index in [1.807, 2.05) is 30.6 Å². The first-order valence-corrected chi connectivity index (χ1v) is 9.28. The number of nitrogens with one attached hydrogen (secondary N) is 1. The highest BCUT2D eigenvalue weighted by Gasteiger charge is 2.34. The number of nitrogens with zero attached hydrogens (tertiary/aromatic N) is 3. The molecule has 1 saturated carbocycles. The average Bonchev–Trinajstić information content (AvgIpc) is 3.41. The highest BCUT2D eigenvalue weighted by atomic mass is 16.5. The summed E-state index contributed by atoms with van der Waals surface area (Å²) in [7, 11) is 0. The van der Waals surface area contributed by atoms with Crippen LogP contribution in [0, 0.1) is 19.8 Å². The first kappa shape index (κ1) is 17.8. The summed E-state index contributed by atoms with van der Waals surface area (Å²) in [4.78, 5) is 28.7. The molecule has 1 unspecified atom stereocenters. The number of hydrogen-bond donors (Lipinski definition) is 1. The number of urea groups is 1. The van der Waals surface area contributed by atoms with E-state index in [0.717, 1.165) is 49.2 Å². The predicted molar refractivity (Wildman–Crippen MR) is 93.0 cm³/mol. The van der Waals surface area contributed by atoms with Crippen molar-refractivity contribution in [1.82, 2.24) is 20.3 Å². The molecule has 1 aromatic heterocycles. The Morgan fingerprint density at radius 1 is 1.20 bits per heavy atom. The van der Waals surface area contributed by atoms with Crippen molar-refractivity contribution in [2.75, 3.05) is 26.2 Å². The number of carbonyl (C=O) groups is 2. The molecule has 7 nitrogen and oxygen atoms in total. The summed E-state index contributed by atoms with van der Waals surface area (Å²) in [5.41, 5.74) is 1.79. The van der Waals surface area contributed by atoms with Crippen LogP contribution in [0.15, 0.2) is 4.52 Å². The fraction of sp³-hybridized carbons (Fsp3) is 0.722. The molecule has 2 heterocycles. The monoisotopic (exact) mass is 348 g/mol. The highest BCUT2D eigenvalue weighted by Crippen LogP contribution is 2.31. The Kier molecular flexibility index (Phi) is 5.30. The molecule has 1 aliphatic carbocycles. The number of aromatic nitrogens is 1. The Morgan fingerprint density at radius 2 is 1.88 bits per heavy atom. The van der Waals surface area contributed by atoms with Gasteiger partial charge in [0.25, 0.3) is 0 Å². The molecule has 2 fully saturated rings. The van der Waals surface area contributed by atoms with Gasteiger partial charge in [-0.15, -0.1) is 0 Å². The Balaban J connectivity index is 1.59. The summed E-state index contributed by atoms with van der Waals surface area (Å²) >= 11 is 0. The molecule has 1 aromatic rings. The Labute approximate surface area is 148 Å². The number of carbonyl (C=O) groups excluding carboxylic acids is 2. The topological polar surface area (TPSA) is 78.7 Å². The van der Waals surface area contributed by atoms with Gasteiger partial charge in [0.15, 0.2) is 0 Å². The predicted octanol–water partition coefficient (Wildman–Crippen LogP) is 2.40. The minimum absolute atomic E-state index is 0.0763. The van der Waals surface area contributed by atoms with Crippen molar-refractivity contribution in [3.63, 3.8) is 0 Å². The van der Waals surface area contributed by atoms with Crippen LogP contribution in [0.25, 0.3) is 0 Å². The van der Waals surface area contributed by atoms with E-state index in [0.29, 0.717) is 19.6 Å². The van der Waals surface area contributed by atoms with Gasteiger partial charge in [-0.1, -0.05) is 12.1 Å². The van der Waals surface area contributed by atoms with Crippen LogP contribution in [0.2, 0.25) is 0 Å². The lowest BCUT2D eigenvalue weighted by Crippen LogP contribution is -2.44. The van der Waals surface area contributed by atoms with Gasteiger partial charge in [0.05, 0.1) is 11.7 Å². The Morgan fingerprint density at radius 3 is 2.48 bits per heavy atom. The number of aryl methyl sites for hydroxylation is 2. The fourth-order valence-corrected chi connectivity index (χ4v) is 3.54. The summed E-state index contributed by atoms with van der Waals surface area (Å²) in [5.74, 6) is 1.26. The molecule has 25 heavy (non-hydrogen) atoms. The molecule has 3 amide bonds. The van der Waals surface area contributed by atoms with E-state index in [4.69, 9.17) is 4.52 Å². The molecular weight excluding hydrogens is 320 g/mol. The van der Waals surface area contributed by atoms with Crippen LogP contribution in [0.4, 0.5) is 4.79 Å². The zero-order valence-corrected chi connectivity index (χ0v) is 15.4. The first-order valence-electron chi connectivity index (χ1n) is 9.28. The Hall–Kier alpha value is -2.05. The maximum atomic E-state index is 12.7. The molecule has 1 saturated heterocycles. The molecule has 1 atom stereocenters. The van der Waals surface area contributed by atoms with E-state index in [1.54, 1.807) is 0 Å². The number of amides is 3. The van der Waals surface area contributed by atoms with E-state index in [-0.39, 0.29) is 23.9 Å². The van der Waals surface area contributed by atoms with Gasteiger partial charge in [0.2, 0.25) is 5.91 Å². The van der Waals surface area contributed by atoms with Crippen molar-refractivity contribution in [3.8, 4) is 0 Å². The summed E-state index contributed by atoms with van der Waals surface area (Å²) in [6.07, 6.45) is 3.65. The van der Waals surface area contributed by atoms with Gasteiger partial charge in [0, 0.05) is 37.7 Å². The van der Waals surface area contributed by atoms with Gasteiger partial charge < -0.3 is 19.6 Å². The average molecular weight is 348 g/mol. The molecule has 138 valence electrons. The van der Waals surface area contributed by atoms with Crippen molar-refractivity contribution in [2.45, 2.75) is 52.5 Å². The largest absolute Gasteiger partial charge is 0.361 e. The van der Waals surface area contributed by atoms with Crippen molar-refractivity contribution in [3.05, 3.63) is 17.0 Å². The van der Waals surface area contributed by atoms with Crippen LogP contribution in [0.5, 0.6) is 0 Å². The van der Waals surface area contributed by atoms with Crippen molar-refractivity contribution in [1.29, 1.82) is 0 Å². The fourth-order valence-electron chi connectivity index (χ4n) is 3.54. The Bertz CT molecular complexity index is 619. The maximum absolute atomic E-state index is 12.7. The van der Waals surface area contributed by atoms with Crippen molar-refractivity contribution >= 4 is 11.9 Å². The van der Waals surface area contributed by atoms with Crippen LogP contribution < -0.4 is 5.32 Å². The molecule has 1 aliphatic heterocycles. The van der Waals surface area contributed by atoms with Crippen LogP contribution in [-0.2, 0) is 4.79 Å². The molecule has 7 heteroatoms. The zero-order valence-electron chi connectivity index (χ0n) is 15.4. The van der Waals surface area contributed by atoms with E-state index in [2.05, 4.69) is 10.5 Å². The zero-order chi connectivity index (χ0) is 18.0. The summed E-state index contributed by atoms with van der Waals surface area (Å²) in [6, 6.07) is -0.182. The minimum atomic E-state index is -0.105. The summed E-state index contributed by atoms with van der Waals surface area (Å²) < 4.78 is 5.23. The van der Waals surface area contributed by atoms with Crippen LogP contribution in [0.3, 0.4) is 0 Å². The second-order valence-corrected chi connectivity index (χ2v) is 7.09. The molecule has 0 bridgehead atoms. The van der Waals surface area contributed by atoms with Gasteiger partial charge in [-0.2, -0.15) is 0 Å². The third kappa shape index (κ3) is 3.96. The highest BCUT2D eigenvalue weighted by molar-refractivity contribution is 5.81. The molecule has 0 aromatic carbocycles. The van der Waals surface area contributed by atoms with E-state index < -0.39 is 0 Å². The van der Waals surface area contributed by atoms with E-state index in [1.165, 1.54) is 0 Å². The molecule has 0 spiro atoms. The van der Waals surface area contributed by atoms with Crippen LogP contribution in [0.1, 0.15) is 55.7 Å². The molecule has 2 aliphatic rings. The molecule has 3 rings (SSSR count). The maximum Gasteiger partial charge on any atom is 0.317 e. The van der Waals surface area contributed by atoms with Gasteiger partial charge in [-0.05, 0) is 39.5 Å². The van der Waals surface area contributed by atoms with Gasteiger partial charge in [-0.25, -0.2) is 4.79 Å². The second-order valence-electron chi connectivity index (χ2n) is 7.09. The van der Waals surface area contributed by atoms with Crippen molar-refractivity contribution in [2.24, 2.45) is 5.92 Å². The van der Waals surface area contributed by atoms with Gasteiger partial charge >= 0.3 is 6.03 Å². The van der Waals surface area contributed by atoms with E-state index >= 15 is 0 Å². The standard InChI is InChI=1S/C18H28N4O3/c1-4-15(16-12(2)20-25-13(16)3)19-18(24)22-9-5-8-21(10-11-22)17(23)14-6-7-14/h14-15H,4-11H2,1-3H3,(H,19,24). The first-order chi connectivity index (χ1) is 12.0. The van der Waals surface area contributed by atoms with Crippen LogP contribution in [-0.4, -0.2) is 53.1 Å². The summed E-state index contributed by atoms with van der Waals surface area (Å²) in [5, 5.41) is 7.10. The third-order valence-corrected chi connectivity index (χ3v) is 5.16. The van der Waals surface area contributed by atoms with Gasteiger partial charge in [0.1, 0.15) is 5.76 Å². The lowest BCUT2D eigenvalue weighted by Gasteiger charge is -2.25. The second kappa shape index (κ2) is 7.45. The quantitative estimate of drug-likeness (QED) is 0.906. The lowest BCUT2D eigenvalue weighted by atomic mass is 10.0. The third-order valence-electron chi connectivity index (χ3n) is 5.16. The van der Waals surface area contributed by atoms with Gasteiger partial charge in [-0.3, -0.25) is 4.79 Å².